The fraction of sp³-hybridized carbons (Fsp3) is 0.190. The fourth-order valence-electron chi connectivity index (χ4n) is 2.61. The molecule has 7 nitrogen and oxygen atoms in total. The second-order valence-electron chi connectivity index (χ2n) is 6.55. The Morgan fingerprint density at radius 3 is 2.69 bits per heavy atom. The van der Waals surface area contributed by atoms with E-state index in [0.717, 1.165) is 22.9 Å². The van der Waals surface area contributed by atoms with Gasteiger partial charge in [-0.05, 0) is 43.2 Å². The molecule has 0 bridgehead atoms. The Kier molecular flexibility index (Phi) is 6.13. The Morgan fingerprint density at radius 2 is 1.93 bits per heavy atom. The molecule has 3 rings (SSSR count). The van der Waals surface area contributed by atoms with Crippen LogP contribution in [-0.2, 0) is 22.6 Å². The summed E-state index contributed by atoms with van der Waals surface area (Å²) in [5, 5.41) is 24.2. The van der Waals surface area contributed by atoms with E-state index in [2.05, 4.69) is 10.3 Å². The molecule has 0 aliphatic carbocycles. The minimum absolute atomic E-state index is 0.0499. The molecule has 0 fully saturated rings. The van der Waals surface area contributed by atoms with Gasteiger partial charge in [0.05, 0.1) is 12.1 Å². The van der Waals surface area contributed by atoms with E-state index in [4.69, 9.17) is 4.74 Å². The monoisotopic (exact) mass is 412 g/mol. The highest BCUT2D eigenvalue weighted by Gasteiger charge is 2.15. The molecule has 0 aliphatic rings. The zero-order valence-electron chi connectivity index (χ0n) is 15.9. The van der Waals surface area contributed by atoms with Crippen molar-refractivity contribution in [2.45, 2.75) is 26.9 Å². The van der Waals surface area contributed by atoms with E-state index >= 15 is 0 Å². The number of thiazole rings is 1. The van der Waals surface area contributed by atoms with Crippen LogP contribution in [0.25, 0.3) is 0 Å². The van der Waals surface area contributed by atoms with Gasteiger partial charge in [-0.3, -0.25) is 4.79 Å². The van der Waals surface area contributed by atoms with E-state index in [1.807, 2.05) is 32.0 Å². The van der Waals surface area contributed by atoms with Crippen LogP contribution in [0.5, 0.6) is 11.5 Å². The number of carbonyl (C=O) groups is 2. The minimum Gasteiger partial charge on any atom is -0.508 e. The second kappa shape index (κ2) is 8.74. The lowest BCUT2D eigenvalue weighted by molar-refractivity contribution is -0.115. The second-order valence-corrected chi connectivity index (χ2v) is 7.50. The average molecular weight is 412 g/mol. The molecule has 2 aromatic carbocycles. The highest BCUT2D eigenvalue weighted by atomic mass is 32.1. The van der Waals surface area contributed by atoms with Gasteiger partial charge in [0.1, 0.15) is 28.7 Å². The van der Waals surface area contributed by atoms with Crippen LogP contribution in [0.2, 0.25) is 0 Å². The number of amides is 1. The number of ether oxygens (including phenoxy) is 1. The highest BCUT2D eigenvalue weighted by Crippen LogP contribution is 2.24. The van der Waals surface area contributed by atoms with Gasteiger partial charge in [-0.15, -0.1) is 11.3 Å². The van der Waals surface area contributed by atoms with Gasteiger partial charge in [-0.1, -0.05) is 12.1 Å². The number of nitrogens with zero attached hydrogens (tertiary/aromatic N) is 1. The van der Waals surface area contributed by atoms with Crippen LogP contribution < -0.4 is 5.32 Å². The van der Waals surface area contributed by atoms with Gasteiger partial charge >= 0.3 is 5.97 Å². The zero-order valence-corrected chi connectivity index (χ0v) is 16.7. The number of aromatic nitrogens is 1. The van der Waals surface area contributed by atoms with Gasteiger partial charge in [-0.25, -0.2) is 9.78 Å². The zero-order chi connectivity index (χ0) is 21.0. The quantitative estimate of drug-likeness (QED) is 0.533. The Bertz CT molecular complexity index is 1060. The van der Waals surface area contributed by atoms with Crippen LogP contribution in [0, 0.1) is 13.8 Å². The Labute approximate surface area is 171 Å². The van der Waals surface area contributed by atoms with E-state index < -0.39 is 5.97 Å². The molecule has 1 aromatic heterocycles. The molecule has 0 aliphatic heterocycles. The molecule has 3 aromatic rings. The van der Waals surface area contributed by atoms with Crippen molar-refractivity contribution in [2.75, 3.05) is 5.32 Å². The molecule has 0 saturated carbocycles. The molecule has 1 amide bonds. The largest absolute Gasteiger partial charge is 0.508 e. The molecule has 8 heteroatoms. The maximum absolute atomic E-state index is 12.3. The van der Waals surface area contributed by atoms with Crippen molar-refractivity contribution in [1.82, 2.24) is 4.98 Å². The first-order chi connectivity index (χ1) is 13.8. The lowest BCUT2D eigenvalue weighted by Crippen LogP contribution is -2.15. The van der Waals surface area contributed by atoms with Gasteiger partial charge in [0.2, 0.25) is 5.91 Å². The van der Waals surface area contributed by atoms with Gasteiger partial charge in [0.25, 0.3) is 0 Å². The topological polar surface area (TPSA) is 109 Å². The summed E-state index contributed by atoms with van der Waals surface area (Å²) in [7, 11) is 0. The third kappa shape index (κ3) is 5.32. The first kappa shape index (κ1) is 20.3. The van der Waals surface area contributed by atoms with Gasteiger partial charge in [-0.2, -0.15) is 0 Å². The van der Waals surface area contributed by atoms with Crippen LogP contribution in [0.4, 0.5) is 5.69 Å². The number of aryl methyl sites for hydroxylation is 2. The number of carbonyl (C=O) groups excluding carboxylic acids is 2. The molecule has 0 spiro atoms. The number of phenols is 2. The first-order valence-corrected chi connectivity index (χ1v) is 9.69. The molecule has 1 heterocycles. The molecule has 3 N–H and O–H groups in total. The average Bonchev–Trinajstić information content (AvgIpc) is 3.10. The van der Waals surface area contributed by atoms with E-state index in [1.54, 1.807) is 5.38 Å². The molecular weight excluding hydrogens is 392 g/mol. The number of aromatic hydroxyl groups is 2. The summed E-state index contributed by atoms with van der Waals surface area (Å²) in [6, 6.07) is 9.47. The van der Waals surface area contributed by atoms with E-state index in [0.29, 0.717) is 10.7 Å². The van der Waals surface area contributed by atoms with Crippen LogP contribution in [-0.4, -0.2) is 27.1 Å². The summed E-state index contributed by atoms with van der Waals surface area (Å²) >= 11 is 1.30. The van der Waals surface area contributed by atoms with E-state index in [-0.39, 0.29) is 36.0 Å². The Hall–Kier alpha value is -3.39. The van der Waals surface area contributed by atoms with Crippen molar-refractivity contribution in [3.63, 3.8) is 0 Å². The van der Waals surface area contributed by atoms with Crippen molar-refractivity contribution in [3.8, 4) is 11.5 Å². The number of anilines is 1. The van der Waals surface area contributed by atoms with E-state index in [1.165, 1.54) is 23.5 Å². The summed E-state index contributed by atoms with van der Waals surface area (Å²) in [6.07, 6.45) is 0.116. The van der Waals surface area contributed by atoms with E-state index in [9.17, 15) is 19.8 Å². The summed E-state index contributed by atoms with van der Waals surface area (Å²) < 4.78 is 5.14. The van der Waals surface area contributed by atoms with Gasteiger partial charge in [0, 0.05) is 17.1 Å². The maximum Gasteiger partial charge on any atom is 0.342 e. The fourth-order valence-corrected chi connectivity index (χ4v) is 3.39. The number of hydrogen-bond donors (Lipinski definition) is 3. The standard InChI is InChI=1S/C21H20N2O5S/c1-12-3-4-13(2)17(7-12)23-19(26)9-20-22-14(11-29-20)10-28-21(27)16-6-5-15(24)8-18(16)25/h3-8,11,24-25H,9-10H2,1-2H3,(H,23,26). The van der Waals surface area contributed by atoms with Crippen LogP contribution >= 0.6 is 11.3 Å². The van der Waals surface area contributed by atoms with Crippen LogP contribution in [0.15, 0.2) is 41.8 Å². The number of phenolic OH excluding ortho intramolecular Hbond substituents is 2. The van der Waals surface area contributed by atoms with Gasteiger partial charge < -0.3 is 20.3 Å². The predicted molar refractivity (Wildman–Crippen MR) is 109 cm³/mol. The number of hydrogen-bond acceptors (Lipinski definition) is 7. The SMILES string of the molecule is Cc1ccc(C)c(NC(=O)Cc2nc(COC(=O)c3ccc(O)cc3O)cs2)c1. The summed E-state index contributed by atoms with van der Waals surface area (Å²) in [5.41, 5.74) is 3.27. The molecule has 0 radical (unpaired) electrons. The Balaban J connectivity index is 1.55. The third-order valence-electron chi connectivity index (χ3n) is 4.13. The molecule has 0 saturated heterocycles. The van der Waals surface area contributed by atoms with Crippen molar-refractivity contribution >= 4 is 28.9 Å². The number of benzene rings is 2. The van der Waals surface area contributed by atoms with Crippen molar-refractivity contribution < 1.29 is 24.5 Å². The molecule has 150 valence electrons. The molecule has 29 heavy (non-hydrogen) atoms. The Morgan fingerprint density at radius 1 is 1.14 bits per heavy atom. The first-order valence-electron chi connectivity index (χ1n) is 8.81. The maximum atomic E-state index is 12.3. The summed E-state index contributed by atoms with van der Waals surface area (Å²) in [4.78, 5) is 28.6. The lowest BCUT2D eigenvalue weighted by Gasteiger charge is -2.08. The number of esters is 1. The summed E-state index contributed by atoms with van der Waals surface area (Å²) in [5.74, 6) is -1.42. The lowest BCUT2D eigenvalue weighted by atomic mass is 10.1. The molecule has 0 atom stereocenters. The van der Waals surface area contributed by atoms with Crippen LogP contribution in [0.3, 0.4) is 0 Å². The van der Waals surface area contributed by atoms with Crippen molar-refractivity contribution in [3.05, 3.63) is 69.2 Å². The van der Waals surface area contributed by atoms with Crippen molar-refractivity contribution in [1.29, 1.82) is 0 Å². The smallest absolute Gasteiger partial charge is 0.342 e. The van der Waals surface area contributed by atoms with Crippen LogP contribution in [0.1, 0.15) is 32.2 Å². The highest BCUT2D eigenvalue weighted by molar-refractivity contribution is 7.09. The third-order valence-corrected chi connectivity index (χ3v) is 5.03. The molecule has 0 unspecified atom stereocenters. The summed E-state index contributed by atoms with van der Waals surface area (Å²) in [6.45, 7) is 3.80. The number of rotatable bonds is 6. The minimum atomic E-state index is -0.732. The molecular formula is C21H20N2O5S. The number of nitrogens with one attached hydrogen (secondary N) is 1. The normalized spacial score (nSPS) is 10.6. The predicted octanol–water partition coefficient (Wildman–Crippen LogP) is 3.71. The van der Waals surface area contributed by atoms with Crippen molar-refractivity contribution in [2.24, 2.45) is 0 Å². The van der Waals surface area contributed by atoms with Gasteiger partial charge in [0.15, 0.2) is 0 Å².